The lowest BCUT2D eigenvalue weighted by molar-refractivity contribution is 0.414. The second kappa shape index (κ2) is 6.12. The summed E-state index contributed by atoms with van der Waals surface area (Å²) in [6.45, 7) is 4.23. The van der Waals surface area contributed by atoms with Crippen molar-refractivity contribution in [3.8, 4) is 5.75 Å². The highest BCUT2D eigenvalue weighted by atomic mass is 35.5. The Morgan fingerprint density at radius 2 is 1.84 bits per heavy atom. The third kappa shape index (κ3) is 3.51. The summed E-state index contributed by atoms with van der Waals surface area (Å²) in [7, 11) is 1.68. The van der Waals surface area contributed by atoms with Crippen LogP contribution in [-0.4, -0.2) is 7.11 Å². The summed E-state index contributed by atoms with van der Waals surface area (Å²) in [5.41, 5.74) is 4.95. The average Bonchev–Trinajstić information content (AvgIpc) is 2.42. The molecule has 0 aliphatic heterocycles. The normalized spacial score (nSPS) is 12.2. The van der Waals surface area contributed by atoms with Crippen LogP contribution < -0.4 is 4.74 Å². The zero-order valence-corrected chi connectivity index (χ0v) is 12.4. The van der Waals surface area contributed by atoms with Crippen LogP contribution in [0.2, 0.25) is 0 Å². The number of hydrogen-bond donors (Lipinski definition) is 0. The highest BCUT2D eigenvalue weighted by Crippen LogP contribution is 2.27. The summed E-state index contributed by atoms with van der Waals surface area (Å²) < 4.78 is 5.23. The van der Waals surface area contributed by atoms with Crippen LogP contribution in [0.4, 0.5) is 0 Å². The predicted molar refractivity (Wildman–Crippen MR) is 81.2 cm³/mol. The van der Waals surface area contributed by atoms with Gasteiger partial charge in [-0.15, -0.1) is 11.6 Å². The lowest BCUT2D eigenvalue weighted by Gasteiger charge is -2.12. The molecule has 1 unspecified atom stereocenters. The molecular formula is C17H19ClO. The molecule has 0 radical (unpaired) electrons. The van der Waals surface area contributed by atoms with Crippen molar-refractivity contribution in [3.05, 3.63) is 64.7 Å². The first-order valence-electron chi connectivity index (χ1n) is 6.44. The first-order valence-corrected chi connectivity index (χ1v) is 6.88. The Morgan fingerprint density at radius 3 is 2.53 bits per heavy atom. The number of ether oxygens (including phenoxy) is 1. The molecule has 2 aromatic rings. The maximum Gasteiger partial charge on any atom is 0.119 e. The van der Waals surface area contributed by atoms with Gasteiger partial charge in [-0.25, -0.2) is 0 Å². The molecule has 0 amide bonds. The molecule has 2 heteroatoms. The predicted octanol–water partition coefficient (Wildman–Crippen LogP) is 4.83. The fourth-order valence-corrected chi connectivity index (χ4v) is 2.40. The Labute approximate surface area is 120 Å². The van der Waals surface area contributed by atoms with E-state index in [1.807, 2.05) is 18.2 Å². The van der Waals surface area contributed by atoms with Crippen molar-refractivity contribution in [2.75, 3.05) is 7.11 Å². The van der Waals surface area contributed by atoms with Crippen LogP contribution in [0.25, 0.3) is 0 Å². The number of rotatable bonds is 4. The van der Waals surface area contributed by atoms with Crippen LogP contribution in [0, 0.1) is 13.8 Å². The third-order valence-electron chi connectivity index (χ3n) is 3.44. The number of hydrogen-bond acceptors (Lipinski definition) is 1. The van der Waals surface area contributed by atoms with Crippen LogP contribution in [0.1, 0.15) is 27.6 Å². The first kappa shape index (κ1) is 14.0. The first-order chi connectivity index (χ1) is 9.10. The minimum Gasteiger partial charge on any atom is -0.497 e. The molecule has 19 heavy (non-hydrogen) atoms. The van der Waals surface area contributed by atoms with E-state index in [2.05, 4.69) is 38.1 Å². The number of benzene rings is 2. The minimum absolute atomic E-state index is 0.00796. The molecule has 0 aliphatic rings. The van der Waals surface area contributed by atoms with Crippen molar-refractivity contribution in [1.82, 2.24) is 0 Å². The van der Waals surface area contributed by atoms with Crippen LogP contribution >= 0.6 is 11.6 Å². The second-order valence-corrected chi connectivity index (χ2v) is 5.39. The SMILES string of the molecule is COc1cccc(CC(Cl)c2ccc(C)c(C)c2)c1. The molecule has 0 saturated heterocycles. The van der Waals surface area contributed by atoms with E-state index in [0.717, 1.165) is 12.2 Å². The van der Waals surface area contributed by atoms with E-state index < -0.39 is 0 Å². The molecule has 0 spiro atoms. The molecule has 0 fully saturated rings. The van der Waals surface area contributed by atoms with E-state index in [-0.39, 0.29) is 5.38 Å². The van der Waals surface area contributed by atoms with Crippen LogP contribution in [0.5, 0.6) is 5.75 Å². The van der Waals surface area contributed by atoms with Crippen molar-refractivity contribution in [1.29, 1.82) is 0 Å². The molecule has 1 atom stereocenters. The van der Waals surface area contributed by atoms with Crippen LogP contribution in [0.15, 0.2) is 42.5 Å². The quantitative estimate of drug-likeness (QED) is 0.725. The molecule has 0 heterocycles. The third-order valence-corrected chi connectivity index (χ3v) is 3.85. The van der Waals surface area contributed by atoms with Gasteiger partial charge in [0.15, 0.2) is 0 Å². The maximum absolute atomic E-state index is 6.52. The van der Waals surface area contributed by atoms with E-state index in [1.165, 1.54) is 22.3 Å². The summed E-state index contributed by atoms with van der Waals surface area (Å²) in [4.78, 5) is 0. The standard InChI is InChI=1S/C17H19ClO/c1-12-7-8-15(9-13(12)2)17(18)11-14-5-4-6-16(10-14)19-3/h4-10,17H,11H2,1-3H3. The number of aryl methyl sites for hydroxylation is 2. The van der Waals surface area contributed by atoms with E-state index in [1.54, 1.807) is 7.11 Å². The molecule has 0 aliphatic carbocycles. The Hall–Kier alpha value is -1.47. The molecule has 0 aromatic heterocycles. The largest absolute Gasteiger partial charge is 0.497 e. The number of methoxy groups -OCH3 is 1. The fraction of sp³-hybridized carbons (Fsp3) is 0.294. The monoisotopic (exact) mass is 274 g/mol. The second-order valence-electron chi connectivity index (χ2n) is 4.87. The van der Waals surface area contributed by atoms with Gasteiger partial charge < -0.3 is 4.74 Å². The zero-order chi connectivity index (χ0) is 13.8. The molecule has 0 N–H and O–H groups in total. The van der Waals surface area contributed by atoms with Gasteiger partial charge in [0.25, 0.3) is 0 Å². The number of halogens is 1. The number of alkyl halides is 1. The Bertz CT molecular complexity index is 563. The highest BCUT2D eigenvalue weighted by molar-refractivity contribution is 6.20. The Kier molecular flexibility index (Phi) is 4.49. The van der Waals surface area contributed by atoms with Crippen molar-refractivity contribution in [2.24, 2.45) is 0 Å². The highest BCUT2D eigenvalue weighted by Gasteiger charge is 2.10. The van der Waals surface area contributed by atoms with Gasteiger partial charge >= 0.3 is 0 Å². The van der Waals surface area contributed by atoms with E-state index in [9.17, 15) is 0 Å². The minimum atomic E-state index is -0.00796. The molecular weight excluding hydrogens is 256 g/mol. The van der Waals surface area contributed by atoms with Crippen molar-refractivity contribution in [3.63, 3.8) is 0 Å². The summed E-state index contributed by atoms with van der Waals surface area (Å²) >= 11 is 6.52. The van der Waals surface area contributed by atoms with E-state index in [4.69, 9.17) is 16.3 Å². The lowest BCUT2D eigenvalue weighted by Crippen LogP contribution is -1.97. The fourth-order valence-electron chi connectivity index (χ4n) is 2.08. The zero-order valence-electron chi connectivity index (χ0n) is 11.6. The average molecular weight is 275 g/mol. The topological polar surface area (TPSA) is 9.23 Å². The van der Waals surface area contributed by atoms with E-state index in [0.29, 0.717) is 0 Å². The van der Waals surface area contributed by atoms with Crippen LogP contribution in [-0.2, 0) is 6.42 Å². The summed E-state index contributed by atoms with van der Waals surface area (Å²) in [6.07, 6.45) is 0.807. The smallest absolute Gasteiger partial charge is 0.119 e. The van der Waals surface area contributed by atoms with Gasteiger partial charge in [-0.1, -0.05) is 30.3 Å². The Morgan fingerprint density at radius 1 is 1.05 bits per heavy atom. The van der Waals surface area contributed by atoms with Crippen LogP contribution in [0.3, 0.4) is 0 Å². The van der Waals surface area contributed by atoms with Gasteiger partial charge in [-0.3, -0.25) is 0 Å². The van der Waals surface area contributed by atoms with Gasteiger partial charge in [0.1, 0.15) is 5.75 Å². The summed E-state index contributed by atoms with van der Waals surface area (Å²) in [5, 5.41) is -0.00796. The molecule has 2 rings (SSSR count). The molecule has 0 saturated carbocycles. The van der Waals surface area contributed by atoms with Crippen molar-refractivity contribution >= 4 is 11.6 Å². The molecule has 2 aromatic carbocycles. The Balaban J connectivity index is 2.15. The molecule has 0 bridgehead atoms. The van der Waals surface area contributed by atoms with Gasteiger partial charge in [0.05, 0.1) is 12.5 Å². The van der Waals surface area contributed by atoms with Crippen molar-refractivity contribution < 1.29 is 4.74 Å². The van der Waals surface area contributed by atoms with Crippen molar-refractivity contribution in [2.45, 2.75) is 25.6 Å². The summed E-state index contributed by atoms with van der Waals surface area (Å²) in [5.74, 6) is 0.876. The van der Waals surface area contributed by atoms with Gasteiger partial charge in [0.2, 0.25) is 0 Å². The van der Waals surface area contributed by atoms with E-state index >= 15 is 0 Å². The van der Waals surface area contributed by atoms with Gasteiger partial charge in [-0.2, -0.15) is 0 Å². The summed E-state index contributed by atoms with van der Waals surface area (Å²) in [6, 6.07) is 14.5. The molecule has 100 valence electrons. The van der Waals surface area contributed by atoms with Gasteiger partial charge in [0, 0.05) is 0 Å². The van der Waals surface area contributed by atoms with Gasteiger partial charge in [-0.05, 0) is 54.7 Å². The lowest BCUT2D eigenvalue weighted by atomic mass is 10.00. The maximum atomic E-state index is 6.52. The molecule has 1 nitrogen and oxygen atoms in total.